The second-order valence-corrected chi connectivity index (χ2v) is 10.3. The molecular weight excluding hydrogens is 460 g/mol. The Morgan fingerprint density at radius 1 is 0.946 bits per heavy atom. The molecule has 0 atom stereocenters. The van der Waals surface area contributed by atoms with Crippen LogP contribution < -0.4 is 16.4 Å². The minimum atomic E-state index is -0.0730. The van der Waals surface area contributed by atoms with Gasteiger partial charge in [-0.3, -0.25) is 4.79 Å². The molecule has 2 amide bonds. The fourth-order valence-corrected chi connectivity index (χ4v) is 5.43. The lowest BCUT2D eigenvalue weighted by Gasteiger charge is -2.30. The van der Waals surface area contributed by atoms with Gasteiger partial charge in [0, 0.05) is 36.4 Å². The van der Waals surface area contributed by atoms with Gasteiger partial charge in [-0.25, -0.2) is 4.79 Å². The highest BCUT2D eigenvalue weighted by Crippen LogP contribution is 2.25. The molecule has 3 aromatic carbocycles. The Balaban J connectivity index is 1.27. The van der Waals surface area contributed by atoms with Crippen molar-refractivity contribution in [3.8, 4) is 0 Å². The van der Waals surface area contributed by atoms with E-state index in [0.717, 1.165) is 55.6 Å². The molecule has 1 fully saturated rings. The maximum atomic E-state index is 13.4. The number of ketones is 1. The third kappa shape index (κ3) is 6.38. The average Bonchev–Trinajstić information content (AvgIpc) is 3.38. The molecule has 0 bridgehead atoms. The third-order valence-corrected chi connectivity index (χ3v) is 7.63. The van der Waals surface area contributed by atoms with Gasteiger partial charge >= 0.3 is 6.03 Å². The van der Waals surface area contributed by atoms with Gasteiger partial charge in [-0.05, 0) is 91.6 Å². The van der Waals surface area contributed by atoms with Crippen LogP contribution in [0.3, 0.4) is 0 Å². The van der Waals surface area contributed by atoms with Crippen molar-refractivity contribution in [1.82, 2.24) is 10.2 Å². The highest BCUT2D eigenvalue weighted by Gasteiger charge is 2.22. The van der Waals surface area contributed by atoms with Crippen molar-refractivity contribution < 1.29 is 9.59 Å². The number of nitrogens with two attached hydrogens (primary N) is 1. The first-order chi connectivity index (χ1) is 18.0. The smallest absolute Gasteiger partial charge is 0.322 e. The van der Waals surface area contributed by atoms with Crippen LogP contribution in [0.15, 0.2) is 66.7 Å². The van der Waals surface area contributed by atoms with Crippen LogP contribution in [0.5, 0.6) is 0 Å². The van der Waals surface area contributed by atoms with E-state index in [4.69, 9.17) is 5.73 Å². The first-order valence-electron chi connectivity index (χ1n) is 13.4. The first-order valence-corrected chi connectivity index (χ1v) is 13.4. The van der Waals surface area contributed by atoms with Gasteiger partial charge in [-0.1, -0.05) is 48.5 Å². The Morgan fingerprint density at radius 3 is 2.49 bits per heavy atom. The van der Waals surface area contributed by atoms with Gasteiger partial charge in [0.15, 0.2) is 5.78 Å². The maximum absolute atomic E-state index is 13.4. The maximum Gasteiger partial charge on any atom is 0.322 e. The molecule has 37 heavy (non-hydrogen) atoms. The Hall–Kier alpha value is -3.64. The van der Waals surface area contributed by atoms with Crippen LogP contribution in [0.1, 0.15) is 51.9 Å². The van der Waals surface area contributed by atoms with Crippen molar-refractivity contribution in [2.24, 2.45) is 5.92 Å². The monoisotopic (exact) mass is 496 g/mol. The molecule has 5 rings (SSSR count). The lowest BCUT2D eigenvalue weighted by molar-refractivity contribution is 0.0993. The minimum absolute atomic E-state index is 0.0327. The molecule has 4 N–H and O–H groups in total. The number of para-hydroxylation sites is 1. The Labute approximate surface area is 219 Å². The minimum Gasteiger partial charge on any atom is -0.398 e. The lowest BCUT2D eigenvalue weighted by Crippen LogP contribution is -2.41. The number of benzene rings is 3. The van der Waals surface area contributed by atoms with E-state index in [-0.39, 0.29) is 18.2 Å². The molecule has 6 nitrogen and oxygen atoms in total. The fraction of sp³-hybridized carbons (Fsp3) is 0.355. The molecule has 3 aromatic rings. The average molecular weight is 497 g/mol. The Kier molecular flexibility index (Phi) is 7.85. The normalized spacial score (nSPS) is 15.2. The second-order valence-electron chi connectivity index (χ2n) is 10.3. The summed E-state index contributed by atoms with van der Waals surface area (Å²) in [5.41, 5.74) is 12.8. The van der Waals surface area contributed by atoms with Crippen LogP contribution in [0, 0.1) is 5.92 Å². The molecule has 1 saturated heterocycles. The lowest BCUT2D eigenvalue weighted by atomic mass is 9.97. The Bertz CT molecular complexity index is 1250. The van der Waals surface area contributed by atoms with Gasteiger partial charge in [0.05, 0.1) is 0 Å². The van der Waals surface area contributed by atoms with Crippen LogP contribution in [0.2, 0.25) is 0 Å². The molecule has 0 unspecified atom stereocenters. The number of hydrogen-bond acceptors (Lipinski definition) is 4. The first kappa shape index (κ1) is 25.0. The summed E-state index contributed by atoms with van der Waals surface area (Å²) < 4.78 is 0. The van der Waals surface area contributed by atoms with E-state index in [1.807, 2.05) is 59.5 Å². The number of Topliss-reactive ketones (excluding diaryl/α,β-unsaturated/α-hetero) is 1. The fourth-order valence-electron chi connectivity index (χ4n) is 5.43. The van der Waals surface area contributed by atoms with Crippen molar-refractivity contribution in [2.75, 3.05) is 30.7 Å². The predicted molar refractivity (Wildman–Crippen MR) is 149 cm³/mol. The molecular formula is C31H36N4O2. The zero-order valence-electron chi connectivity index (χ0n) is 21.3. The number of nitrogen functional groups attached to an aromatic ring is 1. The van der Waals surface area contributed by atoms with E-state index in [1.165, 1.54) is 17.5 Å². The molecule has 2 aliphatic rings. The molecule has 1 heterocycles. The number of nitrogens with one attached hydrogen (secondary N) is 2. The predicted octanol–water partition coefficient (Wildman–Crippen LogP) is 5.22. The summed E-state index contributed by atoms with van der Waals surface area (Å²) in [6, 6.07) is 21.3. The Morgan fingerprint density at radius 2 is 1.70 bits per heavy atom. The molecule has 0 radical (unpaired) electrons. The van der Waals surface area contributed by atoms with Crippen molar-refractivity contribution in [1.29, 1.82) is 0 Å². The highest BCUT2D eigenvalue weighted by atomic mass is 16.2. The van der Waals surface area contributed by atoms with Gasteiger partial charge in [0.1, 0.15) is 0 Å². The molecule has 0 aromatic heterocycles. The van der Waals surface area contributed by atoms with E-state index >= 15 is 0 Å². The molecule has 192 valence electrons. The van der Waals surface area contributed by atoms with Gasteiger partial charge in [0.25, 0.3) is 0 Å². The number of urea groups is 1. The van der Waals surface area contributed by atoms with Crippen LogP contribution >= 0.6 is 0 Å². The van der Waals surface area contributed by atoms with Gasteiger partial charge in [-0.15, -0.1) is 0 Å². The number of fused-ring (bicyclic) bond motifs is 1. The van der Waals surface area contributed by atoms with Crippen LogP contribution in [-0.4, -0.2) is 36.3 Å². The summed E-state index contributed by atoms with van der Waals surface area (Å²) in [5.74, 6) is 0.509. The number of rotatable bonds is 8. The van der Waals surface area contributed by atoms with E-state index in [0.29, 0.717) is 30.3 Å². The highest BCUT2D eigenvalue weighted by molar-refractivity contribution is 5.98. The van der Waals surface area contributed by atoms with Crippen molar-refractivity contribution in [3.63, 3.8) is 0 Å². The number of carbonyl (C=O) groups excluding carboxylic acids is 2. The number of piperidine rings is 1. The van der Waals surface area contributed by atoms with E-state index < -0.39 is 0 Å². The number of nitrogens with zero attached hydrogens (tertiary/aromatic N) is 1. The zero-order chi connectivity index (χ0) is 25.6. The van der Waals surface area contributed by atoms with Crippen LogP contribution in [0.4, 0.5) is 16.2 Å². The van der Waals surface area contributed by atoms with Crippen molar-refractivity contribution in [3.05, 3.63) is 94.5 Å². The molecule has 1 aliphatic heterocycles. The van der Waals surface area contributed by atoms with E-state index in [1.54, 1.807) is 0 Å². The summed E-state index contributed by atoms with van der Waals surface area (Å²) in [6.45, 7) is 3.20. The number of aryl methyl sites for hydroxylation is 2. The molecule has 1 aliphatic carbocycles. The van der Waals surface area contributed by atoms with Gasteiger partial charge < -0.3 is 21.3 Å². The number of hydrogen-bond donors (Lipinski definition) is 3. The topological polar surface area (TPSA) is 87.5 Å². The summed E-state index contributed by atoms with van der Waals surface area (Å²) in [7, 11) is 0. The van der Waals surface area contributed by atoms with Crippen LogP contribution in [0.25, 0.3) is 0 Å². The largest absolute Gasteiger partial charge is 0.398 e. The van der Waals surface area contributed by atoms with Crippen molar-refractivity contribution >= 4 is 23.2 Å². The number of carbonyl (C=O) groups is 2. The van der Waals surface area contributed by atoms with E-state index in [2.05, 4.69) is 22.8 Å². The van der Waals surface area contributed by atoms with Crippen LogP contribution in [-0.2, 0) is 25.8 Å². The summed E-state index contributed by atoms with van der Waals surface area (Å²) in [5, 5.41) is 6.56. The summed E-state index contributed by atoms with van der Waals surface area (Å²) in [6.07, 6.45) is 5.81. The molecule has 0 saturated carbocycles. The standard InChI is InChI=1S/C31H36N4O2/c32-29-7-2-1-4-27(29)19-30(36)25-10-8-22(9-11-25)20-35(21-23-14-16-33-17-15-23)31(37)34-28-13-12-24-5-3-6-26(24)18-28/h1-2,4,7-13,18,23,33H,3,5-6,14-17,19-21,32H2,(H,34,37). The molecule has 0 spiro atoms. The number of amides is 2. The van der Waals surface area contributed by atoms with Gasteiger partial charge in [0.2, 0.25) is 0 Å². The van der Waals surface area contributed by atoms with E-state index in [9.17, 15) is 9.59 Å². The second kappa shape index (κ2) is 11.6. The SMILES string of the molecule is Nc1ccccc1CC(=O)c1ccc(CN(CC2CCNCC2)C(=O)Nc2ccc3c(c2)CCC3)cc1. The van der Waals surface area contributed by atoms with Crippen molar-refractivity contribution in [2.45, 2.75) is 45.1 Å². The quantitative estimate of drug-likeness (QED) is 0.295. The zero-order valence-corrected chi connectivity index (χ0v) is 21.3. The number of anilines is 2. The third-order valence-electron chi connectivity index (χ3n) is 7.63. The summed E-state index contributed by atoms with van der Waals surface area (Å²) >= 11 is 0. The molecule has 6 heteroatoms. The van der Waals surface area contributed by atoms with Gasteiger partial charge in [-0.2, -0.15) is 0 Å². The summed E-state index contributed by atoms with van der Waals surface area (Å²) in [4.78, 5) is 28.2.